The quantitative estimate of drug-likeness (QED) is 0.607. The topological polar surface area (TPSA) is 80.5 Å². The van der Waals surface area contributed by atoms with Gasteiger partial charge in [0.2, 0.25) is 5.91 Å². The van der Waals surface area contributed by atoms with Gasteiger partial charge in [0.05, 0.1) is 4.92 Å². The third-order valence-corrected chi connectivity index (χ3v) is 5.20. The molecule has 136 valence electrons. The Morgan fingerprint density at radius 1 is 0.963 bits per heavy atom. The Morgan fingerprint density at radius 3 is 2.33 bits per heavy atom. The first-order valence-corrected chi connectivity index (χ1v) is 8.95. The molecule has 1 amide bonds. The molecule has 2 aliphatic rings. The monoisotopic (exact) mass is 362 g/mol. The number of allylic oxidation sites excluding steroid dienone is 2. The normalized spacial score (nSPS) is 19.9. The number of non-ortho nitro benzene ring substituents is 1. The fourth-order valence-corrected chi connectivity index (χ4v) is 3.98. The third-order valence-electron chi connectivity index (χ3n) is 5.20. The number of nitro benzene ring substituents is 1. The fourth-order valence-electron chi connectivity index (χ4n) is 3.98. The molecule has 2 aromatic carbocycles. The molecule has 0 saturated heterocycles. The van der Waals surface area contributed by atoms with Crippen LogP contribution in [0.4, 0.5) is 11.4 Å². The maximum atomic E-state index is 13.0. The molecule has 0 N–H and O–H groups in total. The molecule has 1 aliphatic carbocycles. The molecule has 2 aromatic rings. The van der Waals surface area contributed by atoms with Gasteiger partial charge in [-0.25, -0.2) is 0 Å². The minimum absolute atomic E-state index is 0.00373. The van der Waals surface area contributed by atoms with Gasteiger partial charge in [0, 0.05) is 47.8 Å². The lowest BCUT2D eigenvalue weighted by Crippen LogP contribution is -2.40. The van der Waals surface area contributed by atoms with Gasteiger partial charge in [0.15, 0.2) is 5.78 Å². The van der Waals surface area contributed by atoms with Crippen molar-refractivity contribution in [3.05, 3.63) is 81.5 Å². The van der Waals surface area contributed by atoms with Crippen LogP contribution in [0.1, 0.15) is 37.2 Å². The molecule has 4 rings (SSSR count). The van der Waals surface area contributed by atoms with E-state index in [2.05, 4.69) is 0 Å². The minimum atomic E-state index is -0.455. The van der Waals surface area contributed by atoms with Gasteiger partial charge in [-0.3, -0.25) is 24.6 Å². The predicted molar refractivity (Wildman–Crippen MR) is 100 cm³/mol. The Bertz CT molecular complexity index is 948. The Morgan fingerprint density at radius 2 is 1.67 bits per heavy atom. The summed E-state index contributed by atoms with van der Waals surface area (Å²) in [6.07, 6.45) is 2.04. The first-order chi connectivity index (χ1) is 13.1. The van der Waals surface area contributed by atoms with Crippen molar-refractivity contribution in [2.75, 3.05) is 4.90 Å². The van der Waals surface area contributed by atoms with Gasteiger partial charge >= 0.3 is 0 Å². The number of anilines is 1. The van der Waals surface area contributed by atoms with Gasteiger partial charge in [-0.2, -0.15) is 0 Å². The summed E-state index contributed by atoms with van der Waals surface area (Å²) in [6.45, 7) is 0. The van der Waals surface area contributed by atoms with E-state index in [4.69, 9.17) is 0 Å². The molecule has 1 unspecified atom stereocenters. The van der Waals surface area contributed by atoms with Crippen molar-refractivity contribution in [2.24, 2.45) is 0 Å². The Kier molecular flexibility index (Phi) is 4.32. The van der Waals surface area contributed by atoms with Crippen molar-refractivity contribution in [1.29, 1.82) is 0 Å². The van der Waals surface area contributed by atoms with E-state index in [1.165, 1.54) is 12.1 Å². The second kappa shape index (κ2) is 6.79. The second-order valence-electron chi connectivity index (χ2n) is 6.81. The molecule has 6 heteroatoms. The molecular formula is C21H18N2O4. The van der Waals surface area contributed by atoms with E-state index >= 15 is 0 Å². The SMILES string of the molecule is O=C1CCCC2=C1C(c1ccc([N+](=O)[O-])cc1)CC(=O)N2c1ccccc1. The van der Waals surface area contributed by atoms with Crippen molar-refractivity contribution < 1.29 is 14.5 Å². The van der Waals surface area contributed by atoms with Crippen LogP contribution >= 0.6 is 0 Å². The molecule has 6 nitrogen and oxygen atoms in total. The highest BCUT2D eigenvalue weighted by molar-refractivity contribution is 6.07. The summed E-state index contributed by atoms with van der Waals surface area (Å²) in [7, 11) is 0. The lowest BCUT2D eigenvalue weighted by molar-refractivity contribution is -0.384. The number of benzene rings is 2. The largest absolute Gasteiger partial charge is 0.294 e. The van der Waals surface area contributed by atoms with E-state index in [0.717, 1.165) is 23.4 Å². The highest BCUT2D eigenvalue weighted by Crippen LogP contribution is 2.43. The average molecular weight is 362 g/mol. The second-order valence-corrected chi connectivity index (χ2v) is 6.81. The number of carbonyl (C=O) groups is 2. The van der Waals surface area contributed by atoms with E-state index < -0.39 is 4.92 Å². The van der Waals surface area contributed by atoms with Crippen LogP contribution in [-0.2, 0) is 9.59 Å². The van der Waals surface area contributed by atoms with Gasteiger partial charge in [-0.1, -0.05) is 30.3 Å². The summed E-state index contributed by atoms with van der Waals surface area (Å²) in [5.74, 6) is -0.341. The van der Waals surface area contributed by atoms with Crippen molar-refractivity contribution >= 4 is 23.1 Å². The number of nitrogens with zero attached hydrogens (tertiary/aromatic N) is 2. The smallest absolute Gasteiger partial charge is 0.269 e. The lowest BCUT2D eigenvalue weighted by atomic mass is 9.77. The highest BCUT2D eigenvalue weighted by Gasteiger charge is 2.39. The molecule has 0 spiro atoms. The third kappa shape index (κ3) is 3.03. The molecule has 1 heterocycles. The summed E-state index contributed by atoms with van der Waals surface area (Å²) in [5.41, 5.74) is 2.99. The first kappa shape index (κ1) is 17.1. The van der Waals surface area contributed by atoms with Gasteiger partial charge in [0.25, 0.3) is 5.69 Å². The molecule has 0 aromatic heterocycles. The minimum Gasteiger partial charge on any atom is -0.294 e. The van der Waals surface area contributed by atoms with Crippen molar-refractivity contribution in [1.82, 2.24) is 0 Å². The molecule has 0 saturated carbocycles. The van der Waals surface area contributed by atoms with Gasteiger partial charge in [-0.05, 0) is 30.5 Å². The number of amides is 1. The van der Waals surface area contributed by atoms with Crippen molar-refractivity contribution in [3.8, 4) is 0 Å². The number of ketones is 1. The van der Waals surface area contributed by atoms with Crippen LogP contribution in [-0.4, -0.2) is 16.6 Å². The fraction of sp³-hybridized carbons (Fsp3) is 0.238. The standard InChI is InChI=1S/C21H18N2O4/c24-19-8-4-7-18-21(19)17(14-9-11-16(12-10-14)23(26)27)13-20(25)22(18)15-5-2-1-3-6-15/h1-3,5-6,9-12,17H,4,7-8,13H2. The Hall–Kier alpha value is -3.28. The van der Waals surface area contributed by atoms with Crippen LogP contribution in [0.2, 0.25) is 0 Å². The zero-order chi connectivity index (χ0) is 19.0. The van der Waals surface area contributed by atoms with Crippen molar-refractivity contribution in [2.45, 2.75) is 31.6 Å². The Balaban J connectivity index is 1.81. The summed E-state index contributed by atoms with van der Waals surface area (Å²) in [5, 5.41) is 10.9. The van der Waals surface area contributed by atoms with Crippen LogP contribution in [0.15, 0.2) is 65.9 Å². The maximum absolute atomic E-state index is 13.0. The first-order valence-electron chi connectivity index (χ1n) is 8.95. The van der Waals surface area contributed by atoms with E-state index in [1.807, 2.05) is 30.3 Å². The lowest BCUT2D eigenvalue weighted by Gasteiger charge is -2.38. The molecule has 1 aliphatic heterocycles. The number of hydrogen-bond donors (Lipinski definition) is 0. The molecule has 0 radical (unpaired) electrons. The van der Waals surface area contributed by atoms with Gasteiger partial charge < -0.3 is 0 Å². The molecule has 27 heavy (non-hydrogen) atoms. The molecule has 1 atom stereocenters. The summed E-state index contributed by atoms with van der Waals surface area (Å²) < 4.78 is 0. The summed E-state index contributed by atoms with van der Waals surface area (Å²) in [6, 6.07) is 15.5. The number of Topliss-reactive ketones (excluding diaryl/α,β-unsaturated/α-hetero) is 1. The molecule has 0 bridgehead atoms. The van der Waals surface area contributed by atoms with Gasteiger partial charge in [-0.15, -0.1) is 0 Å². The van der Waals surface area contributed by atoms with Crippen LogP contribution in [0.25, 0.3) is 0 Å². The van der Waals surface area contributed by atoms with E-state index in [9.17, 15) is 19.7 Å². The number of nitro groups is 1. The van der Waals surface area contributed by atoms with Crippen LogP contribution < -0.4 is 4.90 Å². The molecule has 0 fully saturated rings. The highest BCUT2D eigenvalue weighted by atomic mass is 16.6. The summed E-state index contributed by atoms with van der Waals surface area (Å²) >= 11 is 0. The predicted octanol–water partition coefficient (Wildman–Crippen LogP) is 4.12. The average Bonchev–Trinajstić information content (AvgIpc) is 2.68. The van der Waals surface area contributed by atoms with Crippen LogP contribution in [0.5, 0.6) is 0 Å². The van der Waals surface area contributed by atoms with Gasteiger partial charge in [0.1, 0.15) is 0 Å². The summed E-state index contributed by atoms with van der Waals surface area (Å²) in [4.78, 5) is 37.9. The zero-order valence-electron chi connectivity index (χ0n) is 14.6. The Labute approximate surface area is 156 Å². The maximum Gasteiger partial charge on any atom is 0.269 e. The van der Waals surface area contributed by atoms with Crippen LogP contribution in [0, 0.1) is 10.1 Å². The number of rotatable bonds is 3. The molecular weight excluding hydrogens is 344 g/mol. The van der Waals surface area contributed by atoms with E-state index in [0.29, 0.717) is 18.4 Å². The number of carbonyl (C=O) groups excluding carboxylic acids is 2. The zero-order valence-corrected chi connectivity index (χ0v) is 14.6. The van der Waals surface area contributed by atoms with Crippen molar-refractivity contribution in [3.63, 3.8) is 0 Å². The number of hydrogen-bond acceptors (Lipinski definition) is 4. The number of para-hydroxylation sites is 1. The van der Waals surface area contributed by atoms with E-state index in [1.54, 1.807) is 17.0 Å². The van der Waals surface area contributed by atoms with Crippen LogP contribution in [0.3, 0.4) is 0 Å². The van der Waals surface area contributed by atoms with E-state index in [-0.39, 0.29) is 29.7 Å².